The van der Waals surface area contributed by atoms with Crippen LogP contribution in [-0.4, -0.2) is 30.4 Å². The molecule has 0 bridgehead atoms. The summed E-state index contributed by atoms with van der Waals surface area (Å²) in [6.07, 6.45) is 2.12. The van der Waals surface area contributed by atoms with Crippen LogP contribution >= 0.6 is 0 Å². The number of amides is 1. The second-order valence-corrected chi connectivity index (χ2v) is 4.23. The molecule has 3 nitrogen and oxygen atoms in total. The third-order valence-electron chi connectivity index (χ3n) is 3.08. The van der Waals surface area contributed by atoms with Gasteiger partial charge in [-0.05, 0) is 31.9 Å². The number of hydrogen-bond acceptors (Lipinski definition) is 2. The number of halogens is 1. The molecule has 1 N–H and O–H groups in total. The highest BCUT2D eigenvalue weighted by molar-refractivity contribution is 6.00. The lowest BCUT2D eigenvalue weighted by Gasteiger charge is -2.21. The smallest absolute Gasteiger partial charge is 0.256 e. The Bertz CT molecular complexity index is 429. The highest BCUT2D eigenvalue weighted by Gasteiger charge is 2.32. The zero-order chi connectivity index (χ0) is 12.4. The molecule has 0 aliphatic heterocycles. The highest BCUT2D eigenvalue weighted by atomic mass is 19.1. The highest BCUT2D eigenvalue weighted by Crippen LogP contribution is 2.30. The summed E-state index contributed by atoms with van der Waals surface area (Å²) in [5, 5.41) is 2.76. The van der Waals surface area contributed by atoms with Gasteiger partial charge in [-0.15, -0.1) is 0 Å². The van der Waals surface area contributed by atoms with Crippen molar-refractivity contribution in [1.82, 2.24) is 4.90 Å². The molecular formula is C13H17FN2O. The van der Waals surface area contributed by atoms with Crippen molar-refractivity contribution in [1.29, 1.82) is 0 Å². The Balaban J connectivity index is 2.32. The van der Waals surface area contributed by atoms with Crippen LogP contribution in [0.2, 0.25) is 0 Å². The van der Waals surface area contributed by atoms with Crippen LogP contribution in [0.5, 0.6) is 0 Å². The van der Waals surface area contributed by atoms with Crippen LogP contribution in [0.15, 0.2) is 18.2 Å². The predicted octanol–water partition coefficient (Wildman–Crippen LogP) is 2.49. The van der Waals surface area contributed by atoms with E-state index in [1.807, 2.05) is 11.8 Å². The molecule has 2 rings (SSSR count). The van der Waals surface area contributed by atoms with Gasteiger partial charge in [0.2, 0.25) is 0 Å². The topological polar surface area (TPSA) is 32.3 Å². The Morgan fingerprint density at radius 3 is 2.76 bits per heavy atom. The van der Waals surface area contributed by atoms with Crippen molar-refractivity contribution in [2.75, 3.05) is 18.9 Å². The van der Waals surface area contributed by atoms with E-state index in [4.69, 9.17) is 0 Å². The standard InChI is InChI=1S/C13H17FN2O/c1-3-16(9-7-8-9)13(17)10-5-4-6-11(14)12(10)15-2/h4-6,9,15H,3,7-8H2,1-2H3. The third kappa shape index (κ3) is 2.25. The second kappa shape index (κ2) is 4.73. The van der Waals surface area contributed by atoms with Crippen molar-refractivity contribution in [3.8, 4) is 0 Å². The van der Waals surface area contributed by atoms with Crippen molar-refractivity contribution >= 4 is 11.6 Å². The SMILES string of the molecule is CCN(C(=O)c1cccc(F)c1NC)C1CC1. The van der Waals surface area contributed by atoms with Gasteiger partial charge in [-0.1, -0.05) is 6.07 Å². The van der Waals surface area contributed by atoms with Gasteiger partial charge in [0.1, 0.15) is 5.82 Å². The zero-order valence-electron chi connectivity index (χ0n) is 10.2. The summed E-state index contributed by atoms with van der Waals surface area (Å²) in [6, 6.07) is 4.95. The van der Waals surface area contributed by atoms with E-state index >= 15 is 0 Å². The molecule has 1 aliphatic carbocycles. The first-order chi connectivity index (χ1) is 8.19. The fraction of sp³-hybridized carbons (Fsp3) is 0.462. The summed E-state index contributed by atoms with van der Waals surface area (Å²) in [5.41, 5.74) is 0.706. The van der Waals surface area contributed by atoms with E-state index in [0.29, 0.717) is 18.2 Å². The maximum absolute atomic E-state index is 13.6. The summed E-state index contributed by atoms with van der Waals surface area (Å²) >= 11 is 0. The van der Waals surface area contributed by atoms with Gasteiger partial charge < -0.3 is 10.2 Å². The first-order valence-corrected chi connectivity index (χ1v) is 5.96. The largest absolute Gasteiger partial charge is 0.385 e. The fourth-order valence-corrected chi connectivity index (χ4v) is 2.06. The average molecular weight is 236 g/mol. The summed E-state index contributed by atoms with van der Waals surface area (Å²) in [7, 11) is 1.63. The lowest BCUT2D eigenvalue weighted by Crippen LogP contribution is -2.33. The van der Waals surface area contributed by atoms with Crippen LogP contribution in [0.3, 0.4) is 0 Å². The van der Waals surface area contributed by atoms with E-state index in [0.717, 1.165) is 12.8 Å². The van der Waals surface area contributed by atoms with Gasteiger partial charge in [-0.25, -0.2) is 4.39 Å². The number of nitrogens with zero attached hydrogens (tertiary/aromatic N) is 1. The lowest BCUT2D eigenvalue weighted by molar-refractivity contribution is 0.0753. The Hall–Kier alpha value is -1.58. The first-order valence-electron chi connectivity index (χ1n) is 5.96. The van der Waals surface area contributed by atoms with Crippen molar-refractivity contribution in [2.45, 2.75) is 25.8 Å². The van der Waals surface area contributed by atoms with E-state index < -0.39 is 0 Å². The van der Waals surface area contributed by atoms with Crippen molar-refractivity contribution < 1.29 is 9.18 Å². The average Bonchev–Trinajstić information content (AvgIpc) is 3.14. The monoisotopic (exact) mass is 236 g/mol. The first kappa shape index (κ1) is 11.9. The molecule has 0 heterocycles. The minimum atomic E-state index is -0.384. The van der Waals surface area contributed by atoms with E-state index in [1.54, 1.807) is 19.2 Å². The van der Waals surface area contributed by atoms with E-state index in [-0.39, 0.29) is 17.4 Å². The van der Waals surface area contributed by atoms with Crippen LogP contribution < -0.4 is 5.32 Å². The quantitative estimate of drug-likeness (QED) is 0.871. The molecule has 0 aromatic heterocycles. The summed E-state index contributed by atoms with van der Waals surface area (Å²) < 4.78 is 13.6. The van der Waals surface area contributed by atoms with Crippen LogP contribution in [-0.2, 0) is 0 Å². The maximum atomic E-state index is 13.6. The molecule has 0 spiro atoms. The van der Waals surface area contributed by atoms with Gasteiger partial charge in [-0.2, -0.15) is 0 Å². The molecule has 0 radical (unpaired) electrons. The number of benzene rings is 1. The van der Waals surface area contributed by atoms with Gasteiger partial charge in [0.25, 0.3) is 5.91 Å². The molecular weight excluding hydrogens is 219 g/mol. The molecule has 0 unspecified atom stereocenters. The molecule has 1 aromatic rings. The molecule has 1 aliphatic rings. The molecule has 1 saturated carbocycles. The summed E-state index contributed by atoms with van der Waals surface area (Å²) in [5.74, 6) is -0.468. The molecule has 4 heteroatoms. The third-order valence-corrected chi connectivity index (χ3v) is 3.08. The number of nitrogens with one attached hydrogen (secondary N) is 1. The van der Waals surface area contributed by atoms with Gasteiger partial charge in [0.15, 0.2) is 0 Å². The lowest BCUT2D eigenvalue weighted by atomic mass is 10.1. The molecule has 92 valence electrons. The van der Waals surface area contributed by atoms with Gasteiger partial charge in [0.05, 0.1) is 11.3 Å². The Morgan fingerprint density at radius 2 is 2.24 bits per heavy atom. The van der Waals surface area contributed by atoms with Crippen LogP contribution in [0, 0.1) is 5.82 Å². The number of para-hydroxylation sites is 1. The molecule has 0 atom stereocenters. The van der Waals surface area contributed by atoms with Gasteiger partial charge in [-0.3, -0.25) is 4.79 Å². The summed E-state index contributed by atoms with van der Waals surface area (Å²) in [6.45, 7) is 2.62. The number of rotatable bonds is 4. The van der Waals surface area contributed by atoms with Crippen molar-refractivity contribution in [2.24, 2.45) is 0 Å². The number of anilines is 1. The van der Waals surface area contributed by atoms with Crippen LogP contribution in [0.25, 0.3) is 0 Å². The van der Waals surface area contributed by atoms with Gasteiger partial charge in [0, 0.05) is 19.6 Å². The molecule has 1 fully saturated rings. The van der Waals surface area contributed by atoms with E-state index in [1.165, 1.54) is 6.07 Å². The Kier molecular flexibility index (Phi) is 3.31. The summed E-state index contributed by atoms with van der Waals surface area (Å²) in [4.78, 5) is 14.1. The van der Waals surface area contributed by atoms with Crippen LogP contribution in [0.1, 0.15) is 30.1 Å². The van der Waals surface area contributed by atoms with Gasteiger partial charge >= 0.3 is 0 Å². The van der Waals surface area contributed by atoms with Crippen LogP contribution in [0.4, 0.5) is 10.1 Å². The molecule has 17 heavy (non-hydrogen) atoms. The number of carbonyl (C=O) groups is 1. The minimum absolute atomic E-state index is 0.0844. The molecule has 1 amide bonds. The normalized spacial score (nSPS) is 14.5. The minimum Gasteiger partial charge on any atom is -0.385 e. The van der Waals surface area contributed by atoms with E-state index in [9.17, 15) is 9.18 Å². The van der Waals surface area contributed by atoms with Crippen molar-refractivity contribution in [3.63, 3.8) is 0 Å². The fourth-order valence-electron chi connectivity index (χ4n) is 2.06. The number of hydrogen-bond donors (Lipinski definition) is 1. The number of carbonyl (C=O) groups excluding carboxylic acids is 1. The second-order valence-electron chi connectivity index (χ2n) is 4.23. The zero-order valence-corrected chi connectivity index (χ0v) is 10.2. The Labute approximate surface area is 101 Å². The maximum Gasteiger partial charge on any atom is 0.256 e. The predicted molar refractivity (Wildman–Crippen MR) is 65.7 cm³/mol. The molecule has 0 saturated heterocycles. The van der Waals surface area contributed by atoms with Crippen molar-refractivity contribution in [3.05, 3.63) is 29.6 Å². The van der Waals surface area contributed by atoms with E-state index in [2.05, 4.69) is 5.32 Å². The Morgan fingerprint density at radius 1 is 1.53 bits per heavy atom. The molecule has 1 aromatic carbocycles.